The van der Waals surface area contributed by atoms with Crippen molar-refractivity contribution in [3.8, 4) is 0 Å². The molecule has 0 rings (SSSR count). The molecule has 0 aromatic heterocycles. The molecule has 0 fully saturated rings. The number of hydrogen-bond donors (Lipinski definition) is 1. The van der Waals surface area contributed by atoms with Gasteiger partial charge in [0.05, 0.1) is 0 Å². The Hall–Kier alpha value is -0.570. The van der Waals surface area contributed by atoms with Crippen molar-refractivity contribution in [2.45, 2.75) is 40.5 Å². The van der Waals surface area contributed by atoms with Gasteiger partial charge in [-0.1, -0.05) is 27.7 Å². The Labute approximate surface area is 94.0 Å². The molecule has 0 aromatic rings. The van der Waals surface area contributed by atoms with Crippen LogP contribution in [0.15, 0.2) is 0 Å². The summed E-state index contributed by atoms with van der Waals surface area (Å²) in [6, 6.07) is 0. The largest absolute Gasteiger partial charge is 0.342 e. The lowest BCUT2D eigenvalue weighted by Gasteiger charge is -2.25. The van der Waals surface area contributed by atoms with Crippen molar-refractivity contribution >= 4 is 5.91 Å². The zero-order valence-corrected chi connectivity index (χ0v) is 10.6. The first kappa shape index (κ1) is 14.4. The third-order valence-electron chi connectivity index (χ3n) is 2.15. The van der Waals surface area contributed by atoms with Crippen molar-refractivity contribution in [3.63, 3.8) is 0 Å². The van der Waals surface area contributed by atoms with Crippen LogP contribution >= 0.6 is 0 Å². The fourth-order valence-corrected chi connectivity index (χ4v) is 1.52. The summed E-state index contributed by atoms with van der Waals surface area (Å²) in [4.78, 5) is 13.8. The summed E-state index contributed by atoms with van der Waals surface area (Å²) < 4.78 is 0. The van der Waals surface area contributed by atoms with Crippen LogP contribution < -0.4 is 5.73 Å². The van der Waals surface area contributed by atoms with Gasteiger partial charge in [-0.2, -0.15) is 0 Å². The Balaban J connectivity index is 4.14. The molecule has 0 heterocycles. The minimum atomic E-state index is 0.271. The fraction of sp³-hybridized carbons (Fsp3) is 0.917. The predicted molar refractivity (Wildman–Crippen MR) is 64.5 cm³/mol. The molecule has 0 aliphatic rings. The zero-order chi connectivity index (χ0) is 11.8. The van der Waals surface area contributed by atoms with E-state index in [1.165, 1.54) is 0 Å². The van der Waals surface area contributed by atoms with E-state index in [2.05, 4.69) is 27.7 Å². The minimum Gasteiger partial charge on any atom is -0.342 e. The molecule has 3 heteroatoms. The van der Waals surface area contributed by atoms with Gasteiger partial charge >= 0.3 is 0 Å². The van der Waals surface area contributed by atoms with Gasteiger partial charge in [-0.25, -0.2) is 0 Å². The molecule has 0 unspecified atom stereocenters. The monoisotopic (exact) mass is 214 g/mol. The van der Waals surface area contributed by atoms with Gasteiger partial charge in [0.15, 0.2) is 0 Å². The highest BCUT2D eigenvalue weighted by Crippen LogP contribution is 2.07. The molecule has 0 bridgehead atoms. The van der Waals surface area contributed by atoms with E-state index in [0.29, 0.717) is 24.8 Å². The van der Waals surface area contributed by atoms with E-state index in [4.69, 9.17) is 5.73 Å². The van der Waals surface area contributed by atoms with Crippen LogP contribution in [0, 0.1) is 11.8 Å². The molecule has 3 nitrogen and oxygen atoms in total. The van der Waals surface area contributed by atoms with Crippen molar-refractivity contribution in [1.82, 2.24) is 4.90 Å². The van der Waals surface area contributed by atoms with Gasteiger partial charge < -0.3 is 10.6 Å². The minimum absolute atomic E-state index is 0.271. The smallest absolute Gasteiger partial charge is 0.222 e. The van der Waals surface area contributed by atoms with E-state index in [1.807, 2.05) is 4.90 Å². The third kappa shape index (κ3) is 7.37. The van der Waals surface area contributed by atoms with Crippen molar-refractivity contribution in [1.29, 1.82) is 0 Å². The number of nitrogens with two attached hydrogens (primary N) is 1. The molecule has 0 atom stereocenters. The van der Waals surface area contributed by atoms with Gasteiger partial charge in [0.25, 0.3) is 0 Å². The van der Waals surface area contributed by atoms with Crippen LogP contribution in [-0.2, 0) is 4.79 Å². The number of carbonyl (C=O) groups excluding carboxylic acids is 1. The summed E-state index contributed by atoms with van der Waals surface area (Å²) in [5, 5.41) is 0. The normalized spacial score (nSPS) is 11.1. The topological polar surface area (TPSA) is 46.3 Å². The van der Waals surface area contributed by atoms with Crippen LogP contribution in [0.1, 0.15) is 40.5 Å². The number of rotatable bonds is 7. The van der Waals surface area contributed by atoms with Crippen LogP contribution in [-0.4, -0.2) is 30.4 Å². The Morgan fingerprint density at radius 3 is 2.20 bits per heavy atom. The molecule has 90 valence electrons. The lowest BCUT2D eigenvalue weighted by Crippen LogP contribution is -2.36. The van der Waals surface area contributed by atoms with Crippen LogP contribution in [0.25, 0.3) is 0 Å². The lowest BCUT2D eigenvalue weighted by atomic mass is 10.1. The molecule has 0 saturated heterocycles. The van der Waals surface area contributed by atoms with Gasteiger partial charge in [0, 0.05) is 19.5 Å². The zero-order valence-electron chi connectivity index (χ0n) is 10.6. The summed E-state index contributed by atoms with van der Waals surface area (Å²) in [6.45, 7) is 10.7. The second kappa shape index (κ2) is 7.69. The van der Waals surface area contributed by atoms with Gasteiger partial charge in [-0.15, -0.1) is 0 Å². The summed E-state index contributed by atoms with van der Waals surface area (Å²) in [6.07, 6.45) is 1.55. The van der Waals surface area contributed by atoms with E-state index in [0.717, 1.165) is 19.5 Å². The molecule has 0 saturated carbocycles. The quantitative estimate of drug-likeness (QED) is 0.703. The van der Waals surface area contributed by atoms with Crippen molar-refractivity contribution < 1.29 is 4.79 Å². The third-order valence-corrected chi connectivity index (χ3v) is 2.15. The van der Waals surface area contributed by atoms with Crippen LogP contribution in [0.5, 0.6) is 0 Å². The molecule has 0 radical (unpaired) electrons. The first-order valence-electron chi connectivity index (χ1n) is 5.95. The molecular weight excluding hydrogens is 188 g/mol. The average Bonchev–Trinajstić information content (AvgIpc) is 2.10. The Kier molecular flexibility index (Phi) is 7.39. The summed E-state index contributed by atoms with van der Waals surface area (Å²) in [7, 11) is 0. The highest BCUT2D eigenvalue weighted by atomic mass is 16.2. The van der Waals surface area contributed by atoms with E-state index in [9.17, 15) is 4.79 Å². The molecule has 0 aliphatic carbocycles. The molecular formula is C12H26N2O. The predicted octanol–water partition coefficient (Wildman–Crippen LogP) is 1.87. The van der Waals surface area contributed by atoms with Gasteiger partial charge in [0.2, 0.25) is 5.91 Å². The SMILES string of the molecule is CC(C)CC(=O)N(CCCN)CC(C)C. The summed E-state index contributed by atoms with van der Waals surface area (Å²) >= 11 is 0. The van der Waals surface area contributed by atoms with Crippen molar-refractivity contribution in [3.05, 3.63) is 0 Å². The summed E-state index contributed by atoms with van der Waals surface area (Å²) in [5.74, 6) is 1.23. The van der Waals surface area contributed by atoms with Gasteiger partial charge in [0.1, 0.15) is 0 Å². The maximum absolute atomic E-state index is 11.9. The Morgan fingerprint density at radius 1 is 1.20 bits per heavy atom. The second-order valence-electron chi connectivity index (χ2n) is 4.97. The number of hydrogen-bond acceptors (Lipinski definition) is 2. The van der Waals surface area contributed by atoms with Crippen molar-refractivity contribution in [2.24, 2.45) is 17.6 Å². The van der Waals surface area contributed by atoms with Crippen LogP contribution in [0.4, 0.5) is 0 Å². The number of amides is 1. The number of nitrogens with zero attached hydrogens (tertiary/aromatic N) is 1. The Morgan fingerprint density at radius 2 is 1.80 bits per heavy atom. The highest BCUT2D eigenvalue weighted by Gasteiger charge is 2.15. The van der Waals surface area contributed by atoms with E-state index in [-0.39, 0.29) is 5.91 Å². The van der Waals surface area contributed by atoms with Crippen LogP contribution in [0.2, 0.25) is 0 Å². The first-order valence-corrected chi connectivity index (χ1v) is 5.95. The molecule has 0 aromatic carbocycles. The van der Waals surface area contributed by atoms with Crippen molar-refractivity contribution in [2.75, 3.05) is 19.6 Å². The van der Waals surface area contributed by atoms with Gasteiger partial charge in [-0.05, 0) is 24.8 Å². The molecule has 1 amide bonds. The summed E-state index contributed by atoms with van der Waals surface area (Å²) in [5.41, 5.74) is 5.47. The second-order valence-corrected chi connectivity index (χ2v) is 4.97. The van der Waals surface area contributed by atoms with E-state index >= 15 is 0 Å². The van der Waals surface area contributed by atoms with E-state index < -0.39 is 0 Å². The number of carbonyl (C=O) groups is 1. The molecule has 0 aliphatic heterocycles. The van der Waals surface area contributed by atoms with E-state index in [1.54, 1.807) is 0 Å². The molecule has 0 spiro atoms. The maximum atomic E-state index is 11.9. The molecule has 15 heavy (non-hydrogen) atoms. The Bertz CT molecular complexity index is 178. The maximum Gasteiger partial charge on any atom is 0.222 e. The standard InChI is InChI=1S/C12H26N2O/c1-10(2)8-12(15)14(7-5-6-13)9-11(3)4/h10-11H,5-9,13H2,1-4H3. The average molecular weight is 214 g/mol. The lowest BCUT2D eigenvalue weighted by molar-refractivity contribution is -0.132. The fourth-order valence-electron chi connectivity index (χ4n) is 1.52. The first-order chi connectivity index (χ1) is 6.97. The molecule has 2 N–H and O–H groups in total. The van der Waals surface area contributed by atoms with Crippen LogP contribution in [0.3, 0.4) is 0 Å². The van der Waals surface area contributed by atoms with Gasteiger partial charge in [-0.3, -0.25) is 4.79 Å². The highest BCUT2D eigenvalue weighted by molar-refractivity contribution is 5.76.